The second kappa shape index (κ2) is 5.51. The monoisotopic (exact) mass is 282 g/mol. The minimum Gasteiger partial charge on any atom is -0.398 e. The van der Waals surface area contributed by atoms with Crippen molar-refractivity contribution in [1.82, 2.24) is 4.31 Å². The Morgan fingerprint density at radius 1 is 1.21 bits per heavy atom. The third kappa shape index (κ3) is 2.92. The van der Waals surface area contributed by atoms with Gasteiger partial charge in [-0.3, -0.25) is 0 Å². The van der Waals surface area contributed by atoms with Gasteiger partial charge in [0.1, 0.15) is 0 Å². The average molecular weight is 282 g/mol. The number of rotatable bonds is 3. The highest BCUT2D eigenvalue weighted by atomic mass is 32.2. The summed E-state index contributed by atoms with van der Waals surface area (Å²) in [5.41, 5.74) is 7.24. The van der Waals surface area contributed by atoms with Crippen LogP contribution in [0.5, 0.6) is 0 Å². The first-order valence-electron chi connectivity index (χ1n) is 6.77. The van der Waals surface area contributed by atoms with E-state index in [-0.39, 0.29) is 6.04 Å². The Morgan fingerprint density at radius 3 is 2.42 bits per heavy atom. The molecule has 0 saturated heterocycles. The van der Waals surface area contributed by atoms with E-state index >= 15 is 0 Å². The minimum atomic E-state index is -3.42. The van der Waals surface area contributed by atoms with Crippen molar-refractivity contribution in [3.8, 4) is 0 Å². The van der Waals surface area contributed by atoms with Crippen LogP contribution >= 0.6 is 0 Å². The molecule has 1 aromatic rings. The highest BCUT2D eigenvalue weighted by Crippen LogP contribution is 2.27. The number of nitrogen functional groups attached to an aromatic ring is 1. The molecular weight excluding hydrogens is 260 g/mol. The van der Waals surface area contributed by atoms with Crippen molar-refractivity contribution in [2.45, 2.75) is 50.0 Å². The molecule has 0 spiro atoms. The van der Waals surface area contributed by atoms with Gasteiger partial charge < -0.3 is 5.73 Å². The lowest BCUT2D eigenvalue weighted by atomic mass is 9.96. The van der Waals surface area contributed by atoms with Crippen molar-refractivity contribution in [2.75, 3.05) is 12.8 Å². The molecule has 1 aromatic carbocycles. The van der Waals surface area contributed by atoms with E-state index in [0.29, 0.717) is 10.6 Å². The molecule has 1 saturated carbocycles. The summed E-state index contributed by atoms with van der Waals surface area (Å²) in [6.45, 7) is 1.87. The topological polar surface area (TPSA) is 63.4 Å². The summed E-state index contributed by atoms with van der Waals surface area (Å²) >= 11 is 0. The number of benzene rings is 1. The van der Waals surface area contributed by atoms with Gasteiger partial charge in [0, 0.05) is 18.8 Å². The van der Waals surface area contributed by atoms with Gasteiger partial charge in [0.2, 0.25) is 10.0 Å². The summed E-state index contributed by atoms with van der Waals surface area (Å²) < 4.78 is 26.7. The lowest BCUT2D eigenvalue weighted by Crippen LogP contribution is -2.38. The molecule has 0 atom stereocenters. The van der Waals surface area contributed by atoms with Gasteiger partial charge in [-0.15, -0.1) is 0 Å². The van der Waals surface area contributed by atoms with Crippen molar-refractivity contribution < 1.29 is 8.42 Å². The molecule has 0 aliphatic heterocycles. The number of aryl methyl sites for hydroxylation is 1. The average Bonchev–Trinajstić information content (AvgIpc) is 2.41. The SMILES string of the molecule is Cc1ccc(S(=O)(=O)N(C)C2CCCCC2)cc1N. The fourth-order valence-electron chi connectivity index (χ4n) is 2.59. The first kappa shape index (κ1) is 14.3. The molecule has 4 nitrogen and oxygen atoms in total. The zero-order chi connectivity index (χ0) is 14.0. The van der Waals surface area contributed by atoms with E-state index in [9.17, 15) is 8.42 Å². The van der Waals surface area contributed by atoms with Crippen LogP contribution in [0, 0.1) is 6.92 Å². The molecule has 0 heterocycles. The van der Waals surface area contributed by atoms with Gasteiger partial charge in [-0.25, -0.2) is 8.42 Å². The molecule has 19 heavy (non-hydrogen) atoms. The molecule has 2 N–H and O–H groups in total. The van der Waals surface area contributed by atoms with E-state index in [0.717, 1.165) is 31.2 Å². The fourth-order valence-corrected chi connectivity index (χ4v) is 4.04. The van der Waals surface area contributed by atoms with Crippen LogP contribution in [0.1, 0.15) is 37.7 Å². The number of anilines is 1. The zero-order valence-corrected chi connectivity index (χ0v) is 12.4. The Kier molecular flexibility index (Phi) is 4.16. The minimum absolute atomic E-state index is 0.126. The van der Waals surface area contributed by atoms with Crippen LogP contribution in [-0.2, 0) is 10.0 Å². The normalized spacial score (nSPS) is 17.8. The summed E-state index contributed by atoms with van der Waals surface area (Å²) in [6.07, 6.45) is 5.34. The first-order valence-corrected chi connectivity index (χ1v) is 8.21. The van der Waals surface area contributed by atoms with Crippen molar-refractivity contribution in [2.24, 2.45) is 0 Å². The van der Waals surface area contributed by atoms with Gasteiger partial charge in [-0.05, 0) is 37.5 Å². The van der Waals surface area contributed by atoms with E-state index in [4.69, 9.17) is 5.73 Å². The van der Waals surface area contributed by atoms with Crippen LogP contribution in [0.15, 0.2) is 23.1 Å². The quantitative estimate of drug-likeness (QED) is 0.866. The van der Waals surface area contributed by atoms with Gasteiger partial charge in [0.25, 0.3) is 0 Å². The summed E-state index contributed by atoms with van der Waals surface area (Å²) in [7, 11) is -1.74. The molecule has 1 aliphatic carbocycles. The smallest absolute Gasteiger partial charge is 0.243 e. The second-order valence-corrected chi connectivity index (χ2v) is 7.33. The molecule has 0 radical (unpaired) electrons. The van der Waals surface area contributed by atoms with Crippen LogP contribution < -0.4 is 5.73 Å². The molecule has 5 heteroatoms. The Bertz CT molecular complexity index is 549. The molecule has 1 fully saturated rings. The van der Waals surface area contributed by atoms with Gasteiger partial charge in [0.15, 0.2) is 0 Å². The van der Waals surface area contributed by atoms with Crippen LogP contribution in [0.2, 0.25) is 0 Å². The van der Waals surface area contributed by atoms with Crippen molar-refractivity contribution in [3.05, 3.63) is 23.8 Å². The molecular formula is C14H22N2O2S. The predicted molar refractivity (Wildman–Crippen MR) is 77.4 cm³/mol. The third-order valence-corrected chi connectivity index (χ3v) is 5.92. The number of nitrogens with zero attached hydrogens (tertiary/aromatic N) is 1. The van der Waals surface area contributed by atoms with E-state index < -0.39 is 10.0 Å². The van der Waals surface area contributed by atoms with Crippen LogP contribution in [-0.4, -0.2) is 25.8 Å². The van der Waals surface area contributed by atoms with Crippen LogP contribution in [0.25, 0.3) is 0 Å². The standard InChI is InChI=1S/C14H22N2O2S/c1-11-8-9-13(10-14(11)15)19(17,18)16(2)12-6-4-3-5-7-12/h8-10,12H,3-7,15H2,1-2H3. The van der Waals surface area contributed by atoms with E-state index in [1.54, 1.807) is 25.2 Å². The number of hydrogen-bond acceptors (Lipinski definition) is 3. The van der Waals surface area contributed by atoms with Crippen molar-refractivity contribution in [3.63, 3.8) is 0 Å². The predicted octanol–water partition coefficient (Wildman–Crippen LogP) is 2.53. The number of hydrogen-bond donors (Lipinski definition) is 1. The van der Waals surface area contributed by atoms with Gasteiger partial charge in [-0.1, -0.05) is 25.3 Å². The first-order chi connectivity index (χ1) is 8.93. The van der Waals surface area contributed by atoms with Crippen LogP contribution in [0.4, 0.5) is 5.69 Å². The van der Waals surface area contributed by atoms with E-state index in [2.05, 4.69) is 0 Å². The number of sulfonamides is 1. The Labute approximate surface area is 115 Å². The lowest BCUT2D eigenvalue weighted by Gasteiger charge is -2.30. The van der Waals surface area contributed by atoms with E-state index in [1.807, 2.05) is 6.92 Å². The Balaban J connectivity index is 2.27. The maximum Gasteiger partial charge on any atom is 0.243 e. The van der Waals surface area contributed by atoms with Crippen LogP contribution in [0.3, 0.4) is 0 Å². The molecule has 0 aromatic heterocycles. The highest BCUT2D eigenvalue weighted by Gasteiger charge is 2.29. The molecule has 2 rings (SSSR count). The van der Waals surface area contributed by atoms with Crippen molar-refractivity contribution in [1.29, 1.82) is 0 Å². The van der Waals surface area contributed by atoms with E-state index in [1.165, 1.54) is 10.7 Å². The molecule has 0 unspecified atom stereocenters. The zero-order valence-electron chi connectivity index (χ0n) is 11.6. The second-order valence-electron chi connectivity index (χ2n) is 5.33. The van der Waals surface area contributed by atoms with Crippen molar-refractivity contribution >= 4 is 15.7 Å². The van der Waals surface area contributed by atoms with Gasteiger partial charge >= 0.3 is 0 Å². The maximum atomic E-state index is 12.6. The maximum absolute atomic E-state index is 12.6. The molecule has 1 aliphatic rings. The lowest BCUT2D eigenvalue weighted by molar-refractivity contribution is 0.286. The highest BCUT2D eigenvalue weighted by molar-refractivity contribution is 7.89. The summed E-state index contributed by atoms with van der Waals surface area (Å²) in [4.78, 5) is 0.295. The molecule has 0 amide bonds. The Hall–Kier alpha value is -1.07. The molecule has 0 bridgehead atoms. The molecule has 106 valence electrons. The number of nitrogens with two attached hydrogens (primary N) is 1. The third-order valence-electron chi connectivity index (χ3n) is 4.02. The largest absolute Gasteiger partial charge is 0.398 e. The van der Waals surface area contributed by atoms with Gasteiger partial charge in [0.05, 0.1) is 4.90 Å². The summed E-state index contributed by atoms with van der Waals surface area (Å²) in [5.74, 6) is 0. The Morgan fingerprint density at radius 2 is 1.84 bits per heavy atom. The van der Waals surface area contributed by atoms with Gasteiger partial charge in [-0.2, -0.15) is 4.31 Å². The summed E-state index contributed by atoms with van der Waals surface area (Å²) in [5, 5.41) is 0. The summed E-state index contributed by atoms with van der Waals surface area (Å²) in [6, 6.07) is 5.09. The fraction of sp³-hybridized carbons (Fsp3) is 0.571.